The van der Waals surface area contributed by atoms with E-state index in [9.17, 15) is 4.79 Å². The Labute approximate surface area is 118 Å². The van der Waals surface area contributed by atoms with Gasteiger partial charge in [0, 0.05) is 37.8 Å². The predicted octanol–water partition coefficient (Wildman–Crippen LogP) is 2.73. The van der Waals surface area contributed by atoms with Crippen LogP contribution in [0.4, 0.5) is 0 Å². The number of ether oxygens (including phenoxy) is 1. The highest BCUT2D eigenvalue weighted by molar-refractivity contribution is 5.93. The van der Waals surface area contributed by atoms with Gasteiger partial charge in [-0.3, -0.25) is 9.36 Å². The molecule has 0 aliphatic carbocycles. The Bertz CT molecular complexity index is 626. The van der Waals surface area contributed by atoms with E-state index in [4.69, 9.17) is 10.5 Å². The van der Waals surface area contributed by atoms with E-state index in [0.29, 0.717) is 5.92 Å². The molecule has 1 saturated heterocycles. The van der Waals surface area contributed by atoms with Crippen molar-refractivity contribution in [2.75, 3.05) is 13.2 Å². The average Bonchev–Trinajstić information content (AvgIpc) is 2.87. The minimum absolute atomic E-state index is 0.0200. The molecule has 0 saturated carbocycles. The predicted molar refractivity (Wildman–Crippen MR) is 78.7 cm³/mol. The zero-order chi connectivity index (χ0) is 14.1. The molecule has 106 valence electrons. The molecule has 3 rings (SSSR count). The van der Waals surface area contributed by atoms with Crippen LogP contribution in [0.25, 0.3) is 10.9 Å². The minimum Gasteiger partial charge on any atom is -0.381 e. The van der Waals surface area contributed by atoms with Gasteiger partial charge in [-0.15, -0.1) is 0 Å². The molecule has 4 nitrogen and oxygen atoms in total. The lowest BCUT2D eigenvalue weighted by Crippen LogP contribution is -2.27. The SMILES string of the molecule is CC(=O)n1cc([C@H](N)C2CCOCC2)c2ccccc21. The maximum atomic E-state index is 11.8. The molecule has 1 aromatic carbocycles. The standard InChI is InChI=1S/C16H20N2O2/c1-11(19)18-10-14(13-4-2-3-5-15(13)18)16(17)12-6-8-20-9-7-12/h2-5,10,12,16H,6-9,17H2,1H3/t16-/m1/s1. The molecule has 1 fully saturated rings. The number of hydrogen-bond acceptors (Lipinski definition) is 3. The lowest BCUT2D eigenvalue weighted by Gasteiger charge is -2.27. The quantitative estimate of drug-likeness (QED) is 0.914. The maximum absolute atomic E-state index is 11.8. The number of rotatable bonds is 2. The number of carbonyl (C=O) groups is 1. The number of benzene rings is 1. The van der Waals surface area contributed by atoms with Gasteiger partial charge in [-0.05, 0) is 30.4 Å². The van der Waals surface area contributed by atoms with Gasteiger partial charge in [0.1, 0.15) is 0 Å². The van der Waals surface area contributed by atoms with Crippen LogP contribution >= 0.6 is 0 Å². The Kier molecular flexibility index (Phi) is 3.59. The third kappa shape index (κ3) is 2.25. The summed E-state index contributed by atoms with van der Waals surface area (Å²) in [6.45, 7) is 3.14. The van der Waals surface area contributed by atoms with Crippen LogP contribution in [-0.2, 0) is 4.74 Å². The summed E-state index contributed by atoms with van der Waals surface area (Å²) in [4.78, 5) is 11.8. The molecular formula is C16H20N2O2. The van der Waals surface area contributed by atoms with Crippen molar-refractivity contribution >= 4 is 16.8 Å². The van der Waals surface area contributed by atoms with E-state index in [2.05, 4.69) is 0 Å². The summed E-state index contributed by atoms with van der Waals surface area (Å²) in [7, 11) is 0. The summed E-state index contributed by atoms with van der Waals surface area (Å²) < 4.78 is 7.10. The zero-order valence-corrected chi connectivity index (χ0v) is 11.7. The number of fused-ring (bicyclic) bond motifs is 1. The van der Waals surface area contributed by atoms with E-state index >= 15 is 0 Å². The summed E-state index contributed by atoms with van der Waals surface area (Å²) in [6.07, 6.45) is 3.88. The monoisotopic (exact) mass is 272 g/mol. The van der Waals surface area contributed by atoms with Gasteiger partial charge in [0.2, 0.25) is 5.91 Å². The number of nitrogens with two attached hydrogens (primary N) is 1. The maximum Gasteiger partial charge on any atom is 0.227 e. The second-order valence-electron chi connectivity index (χ2n) is 5.47. The molecule has 1 aliphatic rings. The lowest BCUT2D eigenvalue weighted by molar-refractivity contribution is 0.0585. The van der Waals surface area contributed by atoms with Crippen molar-refractivity contribution in [2.45, 2.75) is 25.8 Å². The fourth-order valence-corrected chi connectivity index (χ4v) is 3.06. The lowest BCUT2D eigenvalue weighted by atomic mass is 9.88. The molecule has 2 aromatic rings. The van der Waals surface area contributed by atoms with E-state index in [0.717, 1.165) is 42.5 Å². The van der Waals surface area contributed by atoms with Crippen LogP contribution in [0.5, 0.6) is 0 Å². The molecule has 2 heterocycles. The first-order chi connectivity index (χ1) is 9.68. The van der Waals surface area contributed by atoms with Gasteiger partial charge in [-0.1, -0.05) is 18.2 Å². The summed E-state index contributed by atoms with van der Waals surface area (Å²) in [6, 6.07) is 7.92. The molecule has 0 unspecified atom stereocenters. The Hall–Kier alpha value is -1.65. The first kappa shape index (κ1) is 13.3. The van der Waals surface area contributed by atoms with Crippen LogP contribution in [-0.4, -0.2) is 23.7 Å². The Balaban J connectivity index is 2.04. The second kappa shape index (κ2) is 5.38. The van der Waals surface area contributed by atoms with Gasteiger partial charge in [-0.2, -0.15) is 0 Å². The van der Waals surface area contributed by atoms with Gasteiger partial charge in [0.05, 0.1) is 5.52 Å². The topological polar surface area (TPSA) is 57.2 Å². The van der Waals surface area contributed by atoms with Gasteiger partial charge < -0.3 is 10.5 Å². The number of para-hydroxylation sites is 1. The van der Waals surface area contributed by atoms with E-state index < -0.39 is 0 Å². The van der Waals surface area contributed by atoms with Crippen LogP contribution in [0.15, 0.2) is 30.5 Å². The van der Waals surface area contributed by atoms with Crippen LogP contribution in [0.3, 0.4) is 0 Å². The fourth-order valence-electron chi connectivity index (χ4n) is 3.06. The highest BCUT2D eigenvalue weighted by Crippen LogP contribution is 2.33. The van der Waals surface area contributed by atoms with Crippen molar-refractivity contribution in [3.63, 3.8) is 0 Å². The first-order valence-corrected chi connectivity index (χ1v) is 7.12. The molecule has 4 heteroatoms. The summed E-state index contributed by atoms with van der Waals surface area (Å²) in [5.74, 6) is 0.446. The molecular weight excluding hydrogens is 252 g/mol. The number of nitrogens with zero attached hydrogens (tertiary/aromatic N) is 1. The molecule has 1 aliphatic heterocycles. The van der Waals surface area contributed by atoms with E-state index in [-0.39, 0.29) is 11.9 Å². The average molecular weight is 272 g/mol. The van der Waals surface area contributed by atoms with Crippen LogP contribution < -0.4 is 5.73 Å². The molecule has 1 atom stereocenters. The Morgan fingerprint density at radius 2 is 2.05 bits per heavy atom. The fraction of sp³-hybridized carbons (Fsp3) is 0.438. The van der Waals surface area contributed by atoms with Crippen molar-refractivity contribution in [3.05, 3.63) is 36.0 Å². The van der Waals surface area contributed by atoms with Crippen molar-refractivity contribution < 1.29 is 9.53 Å². The van der Waals surface area contributed by atoms with Crippen molar-refractivity contribution in [1.82, 2.24) is 4.57 Å². The van der Waals surface area contributed by atoms with Gasteiger partial charge in [0.15, 0.2) is 0 Å². The molecule has 1 aromatic heterocycles. The highest BCUT2D eigenvalue weighted by atomic mass is 16.5. The van der Waals surface area contributed by atoms with Gasteiger partial charge >= 0.3 is 0 Å². The normalized spacial score (nSPS) is 18.3. The summed E-state index contributed by atoms with van der Waals surface area (Å²) in [5, 5.41) is 1.08. The summed E-state index contributed by atoms with van der Waals surface area (Å²) >= 11 is 0. The number of carbonyl (C=O) groups excluding carboxylic acids is 1. The number of aromatic nitrogens is 1. The van der Waals surface area contributed by atoms with Crippen molar-refractivity contribution in [3.8, 4) is 0 Å². The van der Waals surface area contributed by atoms with Gasteiger partial charge in [0.25, 0.3) is 0 Å². The van der Waals surface area contributed by atoms with Crippen LogP contribution in [0.2, 0.25) is 0 Å². The largest absolute Gasteiger partial charge is 0.381 e. The Morgan fingerprint density at radius 3 is 2.75 bits per heavy atom. The van der Waals surface area contributed by atoms with E-state index in [1.807, 2.05) is 30.5 Å². The molecule has 0 radical (unpaired) electrons. The Morgan fingerprint density at radius 1 is 1.35 bits per heavy atom. The smallest absolute Gasteiger partial charge is 0.227 e. The molecule has 0 spiro atoms. The molecule has 2 N–H and O–H groups in total. The minimum atomic E-state index is -0.0376. The van der Waals surface area contributed by atoms with E-state index in [1.165, 1.54) is 0 Å². The third-order valence-electron chi connectivity index (χ3n) is 4.21. The first-order valence-electron chi connectivity index (χ1n) is 7.12. The summed E-state index contributed by atoms with van der Waals surface area (Å²) in [5.41, 5.74) is 8.48. The third-order valence-corrected chi connectivity index (χ3v) is 4.21. The molecule has 0 amide bonds. The zero-order valence-electron chi connectivity index (χ0n) is 11.7. The second-order valence-corrected chi connectivity index (χ2v) is 5.47. The van der Waals surface area contributed by atoms with Crippen molar-refractivity contribution in [1.29, 1.82) is 0 Å². The van der Waals surface area contributed by atoms with Gasteiger partial charge in [-0.25, -0.2) is 0 Å². The molecule has 0 bridgehead atoms. The number of hydrogen-bond donors (Lipinski definition) is 1. The van der Waals surface area contributed by atoms with Crippen molar-refractivity contribution in [2.24, 2.45) is 11.7 Å². The van der Waals surface area contributed by atoms with Crippen LogP contribution in [0, 0.1) is 5.92 Å². The highest BCUT2D eigenvalue weighted by Gasteiger charge is 2.25. The van der Waals surface area contributed by atoms with E-state index in [1.54, 1.807) is 11.5 Å². The molecule has 20 heavy (non-hydrogen) atoms. The van der Waals surface area contributed by atoms with Crippen LogP contribution in [0.1, 0.15) is 36.2 Å².